The Morgan fingerprint density at radius 2 is 1.92 bits per heavy atom. The van der Waals surface area contributed by atoms with Gasteiger partial charge in [0.25, 0.3) is 0 Å². The second-order valence-corrected chi connectivity index (χ2v) is 6.50. The van der Waals surface area contributed by atoms with Crippen molar-refractivity contribution < 1.29 is 14.3 Å². The molecule has 1 aliphatic carbocycles. The third kappa shape index (κ3) is 4.21. The molecule has 0 unspecified atom stereocenters. The molecule has 1 aromatic carbocycles. The molecule has 0 N–H and O–H groups in total. The zero-order valence-electron chi connectivity index (χ0n) is 15.0. The second kappa shape index (κ2) is 8.19. The molecule has 1 heterocycles. The van der Waals surface area contributed by atoms with Crippen LogP contribution in [0.5, 0.6) is 5.75 Å². The van der Waals surface area contributed by atoms with Crippen molar-refractivity contribution in [3.8, 4) is 5.75 Å². The van der Waals surface area contributed by atoms with Crippen LogP contribution in [0.25, 0.3) is 0 Å². The lowest BCUT2D eigenvalue weighted by molar-refractivity contribution is 0.0518. The van der Waals surface area contributed by atoms with E-state index in [1.54, 1.807) is 7.11 Å². The quantitative estimate of drug-likeness (QED) is 0.740. The van der Waals surface area contributed by atoms with Crippen molar-refractivity contribution in [2.45, 2.75) is 51.5 Å². The summed E-state index contributed by atoms with van der Waals surface area (Å²) in [5, 5.41) is 4.60. The van der Waals surface area contributed by atoms with E-state index in [2.05, 4.69) is 21.9 Å². The SMILES string of the molecule is CCOC(=O)c1cc(Cc2ccc(OC)cc2)n(C2CCCCC2)n1. The summed E-state index contributed by atoms with van der Waals surface area (Å²) >= 11 is 0. The summed E-state index contributed by atoms with van der Waals surface area (Å²) < 4.78 is 12.4. The van der Waals surface area contributed by atoms with Crippen LogP contribution in [0.15, 0.2) is 30.3 Å². The molecule has 0 saturated heterocycles. The number of esters is 1. The molecule has 0 bridgehead atoms. The fourth-order valence-corrected chi connectivity index (χ4v) is 3.46. The minimum atomic E-state index is -0.340. The Hall–Kier alpha value is -2.30. The number of aromatic nitrogens is 2. The van der Waals surface area contributed by atoms with Gasteiger partial charge in [0, 0.05) is 12.1 Å². The lowest BCUT2D eigenvalue weighted by Gasteiger charge is -2.24. The first-order chi connectivity index (χ1) is 12.2. The van der Waals surface area contributed by atoms with E-state index in [-0.39, 0.29) is 5.97 Å². The number of hydrogen-bond acceptors (Lipinski definition) is 4. The van der Waals surface area contributed by atoms with Gasteiger partial charge in [-0.25, -0.2) is 4.79 Å². The van der Waals surface area contributed by atoms with Gasteiger partial charge in [0.15, 0.2) is 5.69 Å². The van der Waals surface area contributed by atoms with Crippen LogP contribution in [0.3, 0.4) is 0 Å². The summed E-state index contributed by atoms with van der Waals surface area (Å²) in [6.45, 7) is 2.18. The average molecular weight is 342 g/mol. The maximum atomic E-state index is 12.1. The summed E-state index contributed by atoms with van der Waals surface area (Å²) in [5.41, 5.74) is 2.66. The molecule has 1 aliphatic rings. The van der Waals surface area contributed by atoms with Crippen LogP contribution in [0.2, 0.25) is 0 Å². The van der Waals surface area contributed by atoms with E-state index in [0.29, 0.717) is 18.3 Å². The Morgan fingerprint density at radius 3 is 2.56 bits per heavy atom. The normalized spacial score (nSPS) is 15.1. The van der Waals surface area contributed by atoms with E-state index in [1.165, 1.54) is 24.8 Å². The van der Waals surface area contributed by atoms with Gasteiger partial charge in [-0.05, 0) is 43.5 Å². The van der Waals surface area contributed by atoms with E-state index in [1.807, 2.05) is 25.1 Å². The van der Waals surface area contributed by atoms with Crippen molar-refractivity contribution in [3.05, 3.63) is 47.3 Å². The molecule has 0 aliphatic heterocycles. The molecule has 2 aromatic rings. The summed E-state index contributed by atoms with van der Waals surface area (Å²) in [7, 11) is 1.67. The molecule has 25 heavy (non-hydrogen) atoms. The Kier molecular flexibility index (Phi) is 5.74. The van der Waals surface area contributed by atoms with Gasteiger partial charge in [0.05, 0.1) is 19.8 Å². The Morgan fingerprint density at radius 1 is 1.20 bits per heavy atom. The highest BCUT2D eigenvalue weighted by atomic mass is 16.5. The number of nitrogens with zero attached hydrogens (tertiary/aromatic N) is 2. The number of carbonyl (C=O) groups excluding carboxylic acids is 1. The minimum absolute atomic E-state index is 0.340. The number of benzene rings is 1. The van der Waals surface area contributed by atoms with Crippen molar-refractivity contribution in [2.24, 2.45) is 0 Å². The first-order valence-corrected chi connectivity index (χ1v) is 9.09. The number of ether oxygens (including phenoxy) is 2. The van der Waals surface area contributed by atoms with Gasteiger partial charge in [-0.2, -0.15) is 5.10 Å². The van der Waals surface area contributed by atoms with Crippen LogP contribution in [0.1, 0.15) is 66.8 Å². The Balaban J connectivity index is 1.87. The molecule has 5 nitrogen and oxygen atoms in total. The average Bonchev–Trinajstić information content (AvgIpc) is 3.07. The number of methoxy groups -OCH3 is 1. The zero-order chi connectivity index (χ0) is 17.6. The molecule has 134 valence electrons. The first kappa shape index (κ1) is 17.5. The summed E-state index contributed by atoms with van der Waals surface area (Å²) in [6, 6.07) is 10.3. The van der Waals surface area contributed by atoms with Crippen LogP contribution < -0.4 is 4.74 Å². The summed E-state index contributed by atoms with van der Waals surface area (Å²) in [4.78, 5) is 12.1. The van der Waals surface area contributed by atoms with Crippen molar-refractivity contribution >= 4 is 5.97 Å². The van der Waals surface area contributed by atoms with Gasteiger partial charge in [-0.3, -0.25) is 4.68 Å². The minimum Gasteiger partial charge on any atom is -0.497 e. The largest absolute Gasteiger partial charge is 0.497 e. The Bertz CT molecular complexity index is 700. The fraction of sp³-hybridized carbons (Fsp3) is 0.500. The predicted molar refractivity (Wildman–Crippen MR) is 96.1 cm³/mol. The monoisotopic (exact) mass is 342 g/mol. The van der Waals surface area contributed by atoms with Crippen LogP contribution in [0, 0.1) is 0 Å². The van der Waals surface area contributed by atoms with Gasteiger partial charge in [0.2, 0.25) is 0 Å². The fourth-order valence-electron chi connectivity index (χ4n) is 3.46. The number of hydrogen-bond donors (Lipinski definition) is 0. The zero-order valence-corrected chi connectivity index (χ0v) is 15.0. The highest BCUT2D eigenvalue weighted by molar-refractivity contribution is 5.87. The van der Waals surface area contributed by atoms with Gasteiger partial charge < -0.3 is 9.47 Å². The maximum absolute atomic E-state index is 12.1. The molecule has 1 saturated carbocycles. The summed E-state index contributed by atoms with van der Waals surface area (Å²) in [5.74, 6) is 0.504. The number of carbonyl (C=O) groups is 1. The molecule has 1 aromatic heterocycles. The standard InChI is InChI=1S/C20H26N2O3/c1-3-25-20(23)19-14-17(13-15-9-11-18(24-2)12-10-15)22(21-19)16-7-5-4-6-8-16/h9-12,14,16H,3-8,13H2,1-2H3. The highest BCUT2D eigenvalue weighted by Gasteiger charge is 2.22. The van der Waals surface area contributed by atoms with Crippen molar-refractivity contribution in [3.63, 3.8) is 0 Å². The molecule has 0 atom stereocenters. The van der Waals surface area contributed by atoms with Crippen LogP contribution >= 0.6 is 0 Å². The van der Waals surface area contributed by atoms with E-state index >= 15 is 0 Å². The second-order valence-electron chi connectivity index (χ2n) is 6.50. The maximum Gasteiger partial charge on any atom is 0.358 e. The molecule has 0 radical (unpaired) electrons. The third-order valence-corrected chi connectivity index (χ3v) is 4.76. The topological polar surface area (TPSA) is 53.4 Å². The highest BCUT2D eigenvalue weighted by Crippen LogP contribution is 2.30. The predicted octanol–water partition coefficient (Wildman–Crippen LogP) is 4.16. The molecule has 3 rings (SSSR count). The van der Waals surface area contributed by atoms with Crippen molar-refractivity contribution in [1.82, 2.24) is 9.78 Å². The smallest absolute Gasteiger partial charge is 0.358 e. The first-order valence-electron chi connectivity index (χ1n) is 9.09. The van der Waals surface area contributed by atoms with E-state index < -0.39 is 0 Å². The van der Waals surface area contributed by atoms with E-state index in [0.717, 1.165) is 30.7 Å². The lowest BCUT2D eigenvalue weighted by Crippen LogP contribution is -2.17. The lowest BCUT2D eigenvalue weighted by atomic mass is 9.95. The number of rotatable bonds is 6. The molecule has 0 amide bonds. The van der Waals surface area contributed by atoms with Crippen molar-refractivity contribution in [1.29, 1.82) is 0 Å². The van der Waals surface area contributed by atoms with Crippen LogP contribution in [0.4, 0.5) is 0 Å². The molecular weight excluding hydrogens is 316 g/mol. The molecule has 0 spiro atoms. The molecule has 1 fully saturated rings. The van der Waals surface area contributed by atoms with Crippen LogP contribution in [-0.4, -0.2) is 29.5 Å². The van der Waals surface area contributed by atoms with Crippen LogP contribution in [-0.2, 0) is 11.2 Å². The van der Waals surface area contributed by atoms with E-state index in [9.17, 15) is 4.79 Å². The Labute approximate surface area is 148 Å². The van der Waals surface area contributed by atoms with Gasteiger partial charge >= 0.3 is 5.97 Å². The van der Waals surface area contributed by atoms with Gasteiger partial charge in [0.1, 0.15) is 5.75 Å². The third-order valence-electron chi connectivity index (χ3n) is 4.76. The molecule has 5 heteroatoms. The molecular formula is C20H26N2O3. The summed E-state index contributed by atoms with van der Waals surface area (Å²) in [6.07, 6.45) is 6.73. The van der Waals surface area contributed by atoms with Crippen molar-refractivity contribution in [2.75, 3.05) is 13.7 Å². The van der Waals surface area contributed by atoms with E-state index in [4.69, 9.17) is 9.47 Å². The van der Waals surface area contributed by atoms with Gasteiger partial charge in [-0.1, -0.05) is 31.4 Å². The van der Waals surface area contributed by atoms with Gasteiger partial charge in [-0.15, -0.1) is 0 Å².